The van der Waals surface area contributed by atoms with Crippen LogP contribution >= 0.6 is 7.14 Å². The zero-order chi connectivity index (χ0) is 6.91. The van der Waals surface area contributed by atoms with E-state index < -0.39 is 7.14 Å². The maximum atomic E-state index is 11.6. The predicted molar refractivity (Wildman–Crippen MR) is 41.0 cm³/mol. The van der Waals surface area contributed by atoms with Gasteiger partial charge < -0.3 is 4.57 Å². The summed E-state index contributed by atoms with van der Waals surface area (Å²) in [6, 6.07) is 0. The molecule has 1 unspecified atom stereocenters. The van der Waals surface area contributed by atoms with Crippen LogP contribution in [0.1, 0.15) is 13.8 Å². The van der Waals surface area contributed by atoms with Crippen molar-refractivity contribution in [3.8, 4) is 0 Å². The van der Waals surface area contributed by atoms with E-state index in [1.54, 1.807) is 0 Å². The maximum absolute atomic E-state index is 11.6. The largest absolute Gasteiger partial charge is 0.315 e. The lowest BCUT2D eigenvalue weighted by Crippen LogP contribution is -1.78. The Bertz CT molecular complexity index is 213. The monoisotopic (exact) mass is 142 g/mol. The summed E-state index contributed by atoms with van der Waals surface area (Å²) in [6.45, 7) is 3.90. The van der Waals surface area contributed by atoms with Crippen molar-refractivity contribution in [2.75, 3.05) is 6.16 Å². The molecule has 1 heterocycles. The van der Waals surface area contributed by atoms with Crippen LogP contribution in [-0.2, 0) is 4.57 Å². The predicted octanol–water partition coefficient (Wildman–Crippen LogP) is 2.80. The van der Waals surface area contributed by atoms with Crippen LogP contribution in [0.25, 0.3) is 0 Å². The van der Waals surface area contributed by atoms with E-state index in [1.165, 1.54) is 0 Å². The van der Waals surface area contributed by atoms with Crippen molar-refractivity contribution in [3.63, 3.8) is 0 Å². The Hall–Kier alpha value is -0.290. The highest BCUT2D eigenvalue weighted by Crippen LogP contribution is 2.57. The molecule has 0 fully saturated rings. The van der Waals surface area contributed by atoms with Crippen LogP contribution in [0.5, 0.6) is 0 Å². The molecule has 0 radical (unpaired) electrons. The van der Waals surface area contributed by atoms with Gasteiger partial charge in [0.2, 0.25) is 0 Å². The Morgan fingerprint density at radius 1 is 1.67 bits per heavy atom. The van der Waals surface area contributed by atoms with Crippen molar-refractivity contribution in [2.24, 2.45) is 0 Å². The Kier molecular flexibility index (Phi) is 1.63. The third-order valence-electron chi connectivity index (χ3n) is 1.73. The number of rotatable bonds is 1. The molecule has 0 amide bonds. The van der Waals surface area contributed by atoms with Crippen LogP contribution in [0, 0.1) is 0 Å². The molecule has 0 N–H and O–H groups in total. The molecule has 0 saturated heterocycles. The van der Waals surface area contributed by atoms with E-state index in [4.69, 9.17) is 0 Å². The first-order valence-electron chi connectivity index (χ1n) is 3.14. The second kappa shape index (κ2) is 2.15. The van der Waals surface area contributed by atoms with Crippen molar-refractivity contribution in [2.45, 2.75) is 13.8 Å². The molecule has 0 aromatic heterocycles. The molecule has 0 bridgehead atoms. The summed E-state index contributed by atoms with van der Waals surface area (Å²) in [5.41, 5.74) is 0. The first kappa shape index (κ1) is 6.82. The summed E-state index contributed by atoms with van der Waals surface area (Å²) in [4.78, 5) is 0. The van der Waals surface area contributed by atoms with Gasteiger partial charge in [-0.15, -0.1) is 0 Å². The van der Waals surface area contributed by atoms with Crippen molar-refractivity contribution in [3.05, 3.63) is 23.3 Å². The highest BCUT2D eigenvalue weighted by Gasteiger charge is 2.20. The van der Waals surface area contributed by atoms with Crippen LogP contribution in [0.2, 0.25) is 0 Å². The Balaban J connectivity index is 2.97. The fourth-order valence-electron chi connectivity index (χ4n) is 0.920. The second-order valence-corrected chi connectivity index (χ2v) is 5.49. The van der Waals surface area contributed by atoms with Crippen molar-refractivity contribution < 1.29 is 4.57 Å². The van der Waals surface area contributed by atoms with Gasteiger partial charge in [-0.2, -0.15) is 0 Å². The molecule has 0 spiro atoms. The standard InChI is InChI=1S/C7H11OP/c1-3-9(8)6-4-5-7(9)2/h4-6H,3H2,1-2H3. The fourth-order valence-corrected chi connectivity index (χ4v) is 2.57. The molecule has 0 saturated carbocycles. The number of hydrogen-bond acceptors (Lipinski definition) is 1. The fraction of sp³-hybridized carbons (Fsp3) is 0.429. The van der Waals surface area contributed by atoms with E-state index in [2.05, 4.69) is 0 Å². The summed E-state index contributed by atoms with van der Waals surface area (Å²) >= 11 is 0. The molecule has 0 aliphatic carbocycles. The molecule has 1 aliphatic heterocycles. The topological polar surface area (TPSA) is 17.1 Å². The third-order valence-corrected chi connectivity index (χ3v) is 4.67. The van der Waals surface area contributed by atoms with E-state index in [-0.39, 0.29) is 0 Å². The molecule has 2 heteroatoms. The van der Waals surface area contributed by atoms with Gasteiger partial charge in [-0.05, 0) is 18.1 Å². The van der Waals surface area contributed by atoms with Gasteiger partial charge in [0.05, 0.1) is 0 Å². The maximum Gasteiger partial charge on any atom is 0.132 e. The Morgan fingerprint density at radius 3 is 2.56 bits per heavy atom. The van der Waals surface area contributed by atoms with Crippen molar-refractivity contribution >= 4 is 7.14 Å². The summed E-state index contributed by atoms with van der Waals surface area (Å²) in [5, 5.41) is 1.05. The van der Waals surface area contributed by atoms with Crippen LogP contribution in [0.4, 0.5) is 0 Å². The molecule has 1 atom stereocenters. The van der Waals surface area contributed by atoms with Gasteiger partial charge in [-0.1, -0.05) is 19.1 Å². The molecule has 0 aromatic carbocycles. The molecule has 50 valence electrons. The molecule has 9 heavy (non-hydrogen) atoms. The molecule has 0 aromatic rings. The van der Waals surface area contributed by atoms with Crippen LogP contribution in [-0.4, -0.2) is 6.16 Å². The lowest BCUT2D eigenvalue weighted by Gasteiger charge is -2.06. The zero-order valence-electron chi connectivity index (χ0n) is 5.79. The van der Waals surface area contributed by atoms with Gasteiger partial charge in [0.25, 0.3) is 0 Å². The van der Waals surface area contributed by atoms with Gasteiger partial charge in [0.1, 0.15) is 7.14 Å². The molecular formula is C7H11OP. The highest BCUT2D eigenvalue weighted by molar-refractivity contribution is 7.71. The van der Waals surface area contributed by atoms with Gasteiger partial charge in [-0.25, -0.2) is 0 Å². The van der Waals surface area contributed by atoms with Crippen molar-refractivity contribution in [1.29, 1.82) is 0 Å². The van der Waals surface area contributed by atoms with E-state index in [0.717, 1.165) is 11.5 Å². The first-order valence-corrected chi connectivity index (χ1v) is 5.10. The lowest BCUT2D eigenvalue weighted by atomic mass is 10.5. The molecular weight excluding hydrogens is 131 g/mol. The van der Waals surface area contributed by atoms with E-state index in [0.29, 0.717) is 0 Å². The minimum atomic E-state index is -1.96. The lowest BCUT2D eigenvalue weighted by molar-refractivity contribution is 0.585. The average Bonchev–Trinajstić information content (AvgIpc) is 2.15. The SMILES string of the molecule is CCP1(=O)C=CC=C1C. The second-order valence-electron chi connectivity index (χ2n) is 2.26. The zero-order valence-corrected chi connectivity index (χ0v) is 6.69. The molecule has 1 nitrogen and oxygen atoms in total. The van der Waals surface area contributed by atoms with Gasteiger partial charge in [0.15, 0.2) is 0 Å². The normalized spacial score (nSPS) is 32.9. The van der Waals surface area contributed by atoms with Gasteiger partial charge in [-0.3, -0.25) is 0 Å². The van der Waals surface area contributed by atoms with Crippen LogP contribution in [0.15, 0.2) is 23.3 Å². The third kappa shape index (κ3) is 1.02. The minimum absolute atomic E-state index is 0.770. The summed E-state index contributed by atoms with van der Waals surface area (Å²) < 4.78 is 11.6. The van der Waals surface area contributed by atoms with E-state index >= 15 is 0 Å². The van der Waals surface area contributed by atoms with Crippen molar-refractivity contribution in [1.82, 2.24) is 0 Å². The highest BCUT2D eigenvalue weighted by atomic mass is 31.2. The van der Waals surface area contributed by atoms with Gasteiger partial charge in [0, 0.05) is 6.16 Å². The first-order chi connectivity index (χ1) is 4.19. The smallest absolute Gasteiger partial charge is 0.132 e. The molecule has 1 rings (SSSR count). The van der Waals surface area contributed by atoms with Gasteiger partial charge >= 0.3 is 0 Å². The van der Waals surface area contributed by atoms with E-state index in [1.807, 2.05) is 31.8 Å². The quantitative estimate of drug-likeness (QED) is 0.514. The molecule has 1 aliphatic rings. The Morgan fingerprint density at radius 2 is 2.33 bits per heavy atom. The number of hydrogen-bond donors (Lipinski definition) is 0. The average molecular weight is 142 g/mol. The van der Waals surface area contributed by atoms with Crippen LogP contribution in [0.3, 0.4) is 0 Å². The van der Waals surface area contributed by atoms with Crippen LogP contribution < -0.4 is 0 Å². The number of allylic oxidation sites excluding steroid dienone is 3. The Labute approximate surface area is 55.8 Å². The summed E-state index contributed by atoms with van der Waals surface area (Å²) in [5.74, 6) is 1.84. The summed E-state index contributed by atoms with van der Waals surface area (Å²) in [7, 11) is -1.96. The van der Waals surface area contributed by atoms with E-state index in [9.17, 15) is 4.57 Å². The summed E-state index contributed by atoms with van der Waals surface area (Å²) in [6.07, 6.45) is 4.59. The minimum Gasteiger partial charge on any atom is -0.315 e.